The molecule has 2 heterocycles. The van der Waals surface area contributed by atoms with Crippen LogP contribution in [0.1, 0.15) is 49.0 Å². The molecule has 0 aliphatic heterocycles. The fraction of sp³-hybridized carbons (Fsp3) is 0.538. The van der Waals surface area contributed by atoms with Crippen molar-refractivity contribution in [2.45, 2.75) is 57.4 Å². The third-order valence-electron chi connectivity index (χ3n) is 6.72. The van der Waals surface area contributed by atoms with Gasteiger partial charge in [-0.3, -0.25) is 9.59 Å². The number of hydrogen-bond acceptors (Lipinski definition) is 7. The number of thiophene rings is 1. The molecular formula is C26H36N4O3S2. The van der Waals surface area contributed by atoms with Crippen LogP contribution < -0.4 is 15.5 Å². The van der Waals surface area contributed by atoms with E-state index in [-0.39, 0.29) is 16.5 Å². The Bertz CT molecular complexity index is 1120. The highest BCUT2D eigenvalue weighted by atomic mass is 32.1. The van der Waals surface area contributed by atoms with Crippen molar-refractivity contribution in [2.24, 2.45) is 0 Å². The number of hydrogen-bond donors (Lipinski definition) is 4. The van der Waals surface area contributed by atoms with E-state index in [2.05, 4.69) is 38.0 Å². The number of rotatable bonds is 13. The lowest BCUT2D eigenvalue weighted by Crippen LogP contribution is -2.45. The average Bonchev–Trinajstić information content (AvgIpc) is 3.53. The summed E-state index contributed by atoms with van der Waals surface area (Å²) in [5, 5.41) is 19.0. The maximum absolute atomic E-state index is 13.1. The number of aromatic amines is 1. The third kappa shape index (κ3) is 7.39. The topological polar surface area (TPSA) is 97.5 Å². The number of fused-ring (bicyclic) bond motifs is 1. The number of amides is 1. The van der Waals surface area contributed by atoms with E-state index in [0.717, 1.165) is 80.0 Å². The van der Waals surface area contributed by atoms with Gasteiger partial charge in [-0.2, -0.15) is 0 Å². The molecule has 9 heteroatoms. The quantitative estimate of drug-likeness (QED) is 0.259. The molecule has 190 valence electrons. The van der Waals surface area contributed by atoms with E-state index in [1.54, 1.807) is 17.4 Å². The van der Waals surface area contributed by atoms with E-state index >= 15 is 0 Å². The number of nitrogens with one attached hydrogen (secondary N) is 3. The van der Waals surface area contributed by atoms with E-state index in [0.29, 0.717) is 18.0 Å². The molecule has 4 rings (SSSR count). The second-order valence-corrected chi connectivity index (χ2v) is 11.2. The van der Waals surface area contributed by atoms with Gasteiger partial charge in [-0.05, 0) is 61.8 Å². The fourth-order valence-electron chi connectivity index (χ4n) is 4.85. The number of H-pyrrole nitrogens is 1. The Morgan fingerprint density at radius 2 is 1.86 bits per heavy atom. The summed E-state index contributed by atoms with van der Waals surface area (Å²) in [7, 11) is 0. The molecule has 0 spiro atoms. The van der Waals surface area contributed by atoms with Crippen LogP contribution in [0.25, 0.3) is 10.2 Å². The van der Waals surface area contributed by atoms with E-state index in [1.165, 1.54) is 24.1 Å². The van der Waals surface area contributed by atoms with Gasteiger partial charge in [0.25, 0.3) is 0 Å². The summed E-state index contributed by atoms with van der Waals surface area (Å²) in [6, 6.07) is 8.11. The highest BCUT2D eigenvalue weighted by Crippen LogP contribution is 2.28. The average molecular weight is 517 g/mol. The highest BCUT2D eigenvalue weighted by Gasteiger charge is 2.24. The largest absolute Gasteiger partial charge is 0.506 e. The molecule has 1 aliphatic carbocycles. The molecule has 1 amide bonds. The number of aromatic nitrogens is 1. The summed E-state index contributed by atoms with van der Waals surface area (Å²) in [4.78, 5) is 30.9. The highest BCUT2D eigenvalue weighted by molar-refractivity contribution is 7.16. The van der Waals surface area contributed by atoms with Gasteiger partial charge in [0.15, 0.2) is 0 Å². The van der Waals surface area contributed by atoms with Gasteiger partial charge in [0.05, 0.1) is 4.70 Å². The van der Waals surface area contributed by atoms with Gasteiger partial charge in [-0.25, -0.2) is 0 Å². The Morgan fingerprint density at radius 3 is 2.66 bits per heavy atom. The van der Waals surface area contributed by atoms with Gasteiger partial charge >= 0.3 is 4.87 Å². The summed E-state index contributed by atoms with van der Waals surface area (Å²) in [5.41, 5.74) is 1.57. The van der Waals surface area contributed by atoms with Gasteiger partial charge in [0, 0.05) is 37.0 Å². The van der Waals surface area contributed by atoms with Crippen molar-refractivity contribution in [3.05, 3.63) is 49.8 Å². The van der Waals surface area contributed by atoms with Crippen LogP contribution in [0, 0.1) is 0 Å². The molecule has 1 aromatic carbocycles. The van der Waals surface area contributed by atoms with E-state index in [4.69, 9.17) is 0 Å². The third-order valence-corrected chi connectivity index (χ3v) is 8.61. The lowest BCUT2D eigenvalue weighted by molar-refractivity contribution is -0.134. The maximum atomic E-state index is 13.1. The molecule has 1 aliphatic rings. The molecule has 2 aromatic heterocycles. The minimum atomic E-state index is -0.154. The maximum Gasteiger partial charge on any atom is 0.305 e. The number of carbonyl (C=O) groups excluding carboxylic acids is 1. The molecule has 35 heavy (non-hydrogen) atoms. The van der Waals surface area contributed by atoms with Gasteiger partial charge in [-0.1, -0.05) is 42.7 Å². The summed E-state index contributed by atoms with van der Waals surface area (Å²) in [6.45, 7) is 3.85. The summed E-state index contributed by atoms with van der Waals surface area (Å²) < 4.78 is 0.822. The molecule has 0 radical (unpaired) electrons. The first-order valence-corrected chi connectivity index (χ1v) is 14.4. The number of thiazole rings is 1. The molecule has 0 saturated heterocycles. The molecule has 0 bridgehead atoms. The van der Waals surface area contributed by atoms with Crippen molar-refractivity contribution in [1.29, 1.82) is 0 Å². The van der Waals surface area contributed by atoms with Crippen molar-refractivity contribution in [3.8, 4) is 5.75 Å². The van der Waals surface area contributed by atoms with Crippen molar-refractivity contribution in [3.63, 3.8) is 0 Å². The van der Waals surface area contributed by atoms with Crippen molar-refractivity contribution in [1.82, 2.24) is 20.5 Å². The molecule has 0 atom stereocenters. The van der Waals surface area contributed by atoms with Crippen LogP contribution in [0.15, 0.2) is 34.4 Å². The summed E-state index contributed by atoms with van der Waals surface area (Å²) in [6.07, 6.45) is 8.21. The molecule has 3 aromatic rings. The smallest absolute Gasteiger partial charge is 0.305 e. The summed E-state index contributed by atoms with van der Waals surface area (Å²) >= 11 is 2.91. The second kappa shape index (κ2) is 13.2. The SMILES string of the molecule is O=C(CCNCCc1cccs1)N(CCNCCc1ccc(O)c2[nH]c(=O)sc12)C1CCCCC1. The minimum absolute atomic E-state index is 0.109. The Balaban J connectivity index is 1.22. The van der Waals surface area contributed by atoms with Crippen LogP contribution in [0.4, 0.5) is 0 Å². The number of phenolic OH excluding ortho intramolecular Hbond substituents is 1. The molecule has 1 saturated carbocycles. The predicted octanol–water partition coefficient (Wildman–Crippen LogP) is 3.87. The summed E-state index contributed by atoms with van der Waals surface area (Å²) in [5.74, 6) is 0.359. The van der Waals surface area contributed by atoms with Gasteiger partial charge in [0.1, 0.15) is 11.3 Å². The van der Waals surface area contributed by atoms with Crippen molar-refractivity contribution < 1.29 is 9.90 Å². The van der Waals surface area contributed by atoms with Crippen LogP contribution in [-0.4, -0.2) is 59.7 Å². The van der Waals surface area contributed by atoms with Crippen LogP contribution in [0.2, 0.25) is 0 Å². The molecule has 1 fully saturated rings. The monoisotopic (exact) mass is 516 g/mol. The molecule has 7 nitrogen and oxygen atoms in total. The molecule has 4 N–H and O–H groups in total. The second-order valence-electron chi connectivity index (χ2n) is 9.17. The zero-order valence-electron chi connectivity index (χ0n) is 20.2. The number of carbonyl (C=O) groups is 1. The van der Waals surface area contributed by atoms with E-state index < -0.39 is 0 Å². The predicted molar refractivity (Wildman–Crippen MR) is 145 cm³/mol. The standard InChI is InChI=1S/C26H36N4O3S2/c31-22-9-8-19(25-24(22)29-26(33)35-25)10-13-28-16-17-30(20-5-2-1-3-6-20)23(32)12-15-27-14-11-21-7-4-18-34-21/h4,7-9,18,20,27-28,31H,1-3,5-6,10-17H2,(H,29,33). The lowest BCUT2D eigenvalue weighted by Gasteiger charge is -2.34. The first-order chi connectivity index (χ1) is 17.1. The first kappa shape index (κ1) is 25.9. The molecular weight excluding hydrogens is 480 g/mol. The van der Waals surface area contributed by atoms with Crippen LogP contribution >= 0.6 is 22.7 Å². The van der Waals surface area contributed by atoms with Gasteiger partial charge in [-0.15, -0.1) is 11.3 Å². The van der Waals surface area contributed by atoms with E-state index in [9.17, 15) is 14.7 Å². The minimum Gasteiger partial charge on any atom is -0.506 e. The van der Waals surface area contributed by atoms with E-state index in [1.807, 2.05) is 6.07 Å². The van der Waals surface area contributed by atoms with Crippen LogP contribution in [0.3, 0.4) is 0 Å². The molecule has 0 unspecified atom stereocenters. The Morgan fingerprint density at radius 1 is 1.06 bits per heavy atom. The first-order valence-electron chi connectivity index (χ1n) is 12.7. The Hall–Kier alpha value is -2.20. The van der Waals surface area contributed by atoms with Gasteiger partial charge < -0.3 is 25.6 Å². The van der Waals surface area contributed by atoms with Crippen molar-refractivity contribution in [2.75, 3.05) is 32.7 Å². The van der Waals surface area contributed by atoms with Gasteiger partial charge in [0.2, 0.25) is 5.91 Å². The number of phenols is 1. The van der Waals surface area contributed by atoms with Crippen LogP contribution in [0.5, 0.6) is 5.75 Å². The van der Waals surface area contributed by atoms with Crippen LogP contribution in [-0.2, 0) is 17.6 Å². The lowest BCUT2D eigenvalue weighted by atomic mass is 9.94. The van der Waals surface area contributed by atoms with Crippen molar-refractivity contribution >= 4 is 38.8 Å². The number of aromatic hydroxyl groups is 1. The zero-order valence-corrected chi connectivity index (χ0v) is 21.8. The fourth-order valence-corrected chi connectivity index (χ4v) is 6.46. The Labute approximate surface area is 214 Å². The normalized spacial score (nSPS) is 14.5. The number of benzene rings is 1. The zero-order chi connectivity index (χ0) is 24.5. The number of nitrogens with zero attached hydrogens (tertiary/aromatic N) is 1. The Kier molecular flexibility index (Phi) is 9.76.